The van der Waals surface area contributed by atoms with Gasteiger partial charge in [-0.05, 0) is 24.6 Å². The highest BCUT2D eigenvalue weighted by atomic mass is 35.5. The topological polar surface area (TPSA) is 53.6 Å². The van der Waals surface area contributed by atoms with Crippen molar-refractivity contribution in [3.05, 3.63) is 28.8 Å². The summed E-state index contributed by atoms with van der Waals surface area (Å²) in [6.45, 7) is 5.57. The summed E-state index contributed by atoms with van der Waals surface area (Å²) in [5.74, 6) is -0.145. The van der Waals surface area contributed by atoms with Gasteiger partial charge in [-0.3, -0.25) is 10.2 Å². The van der Waals surface area contributed by atoms with Crippen LogP contribution in [0.4, 0.5) is 5.69 Å². The predicted octanol–water partition coefficient (Wildman–Crippen LogP) is 2.14. The molecule has 0 spiro atoms. The predicted molar refractivity (Wildman–Crippen MR) is 80.1 cm³/mol. The van der Waals surface area contributed by atoms with E-state index in [1.165, 1.54) is 0 Å². The molecule has 0 atom stereocenters. The third-order valence-corrected chi connectivity index (χ3v) is 3.30. The Morgan fingerprint density at radius 3 is 2.85 bits per heavy atom. The van der Waals surface area contributed by atoms with E-state index >= 15 is 0 Å². The van der Waals surface area contributed by atoms with Crippen molar-refractivity contribution in [1.29, 1.82) is 0 Å². The van der Waals surface area contributed by atoms with Gasteiger partial charge in [0.2, 0.25) is 0 Å². The highest BCUT2D eigenvalue weighted by Gasteiger charge is 2.17. The molecule has 0 radical (unpaired) electrons. The number of hydrogen-bond acceptors (Lipinski definition) is 4. The molecule has 0 saturated carbocycles. The van der Waals surface area contributed by atoms with E-state index in [2.05, 4.69) is 17.7 Å². The Morgan fingerprint density at radius 2 is 2.15 bits per heavy atom. The number of nitrogens with zero attached hydrogens (tertiary/aromatic N) is 1. The number of ether oxygens (including phenoxy) is 1. The summed E-state index contributed by atoms with van der Waals surface area (Å²) in [6, 6.07) is 5.31. The largest absolute Gasteiger partial charge is 0.384 e. The molecule has 0 unspecified atom stereocenters. The molecule has 1 amide bonds. The first kappa shape index (κ1) is 15.1. The summed E-state index contributed by atoms with van der Waals surface area (Å²) in [7, 11) is 0. The van der Waals surface area contributed by atoms with Gasteiger partial charge in [-0.25, -0.2) is 5.01 Å². The fraction of sp³-hybridized carbons (Fsp3) is 0.500. The molecule has 1 aliphatic rings. The number of nitrogens with one attached hydrogen (secondary N) is 2. The molecule has 1 aromatic carbocycles. The fourth-order valence-corrected chi connectivity index (χ4v) is 2.17. The first-order valence-corrected chi connectivity index (χ1v) is 7.25. The molecule has 20 heavy (non-hydrogen) atoms. The Morgan fingerprint density at radius 1 is 1.40 bits per heavy atom. The molecule has 1 aliphatic heterocycles. The van der Waals surface area contributed by atoms with Crippen molar-refractivity contribution in [3.8, 4) is 0 Å². The first-order valence-electron chi connectivity index (χ1n) is 6.88. The van der Waals surface area contributed by atoms with Gasteiger partial charge < -0.3 is 10.1 Å². The minimum atomic E-state index is -0.145. The molecule has 0 aliphatic carbocycles. The maximum Gasteiger partial charge on any atom is 0.267 e. The van der Waals surface area contributed by atoms with Crippen LogP contribution in [0.5, 0.6) is 0 Å². The second kappa shape index (κ2) is 7.47. The SMILES string of the molecule is CCCNc1ccc(Cl)cc1C(=O)NN1CCOCC1. The molecule has 2 N–H and O–H groups in total. The van der Waals surface area contributed by atoms with E-state index in [-0.39, 0.29) is 5.91 Å². The van der Waals surface area contributed by atoms with Crippen molar-refractivity contribution in [2.45, 2.75) is 13.3 Å². The van der Waals surface area contributed by atoms with Gasteiger partial charge in [0, 0.05) is 30.3 Å². The van der Waals surface area contributed by atoms with Crippen LogP contribution >= 0.6 is 11.6 Å². The van der Waals surface area contributed by atoms with Crippen LogP contribution in [0, 0.1) is 0 Å². The smallest absolute Gasteiger partial charge is 0.267 e. The van der Waals surface area contributed by atoms with Crippen LogP contribution in [0.1, 0.15) is 23.7 Å². The Hall–Kier alpha value is -1.30. The van der Waals surface area contributed by atoms with E-state index in [1.807, 2.05) is 11.1 Å². The molecule has 1 heterocycles. The van der Waals surface area contributed by atoms with Gasteiger partial charge in [0.15, 0.2) is 0 Å². The lowest BCUT2D eigenvalue weighted by molar-refractivity contribution is 0.0126. The zero-order chi connectivity index (χ0) is 14.4. The Bertz CT molecular complexity index is 462. The van der Waals surface area contributed by atoms with E-state index in [0.29, 0.717) is 36.9 Å². The highest BCUT2D eigenvalue weighted by molar-refractivity contribution is 6.31. The first-order chi connectivity index (χ1) is 9.70. The maximum atomic E-state index is 12.4. The van der Waals surface area contributed by atoms with Crippen LogP contribution in [-0.4, -0.2) is 43.8 Å². The van der Waals surface area contributed by atoms with Crippen molar-refractivity contribution in [3.63, 3.8) is 0 Å². The lowest BCUT2D eigenvalue weighted by Crippen LogP contribution is -2.48. The summed E-state index contributed by atoms with van der Waals surface area (Å²) in [6.07, 6.45) is 0.993. The Balaban J connectivity index is 2.08. The third kappa shape index (κ3) is 4.10. The maximum absolute atomic E-state index is 12.4. The quantitative estimate of drug-likeness (QED) is 0.874. The van der Waals surface area contributed by atoms with Crippen molar-refractivity contribution in [2.75, 3.05) is 38.2 Å². The van der Waals surface area contributed by atoms with Crippen molar-refractivity contribution < 1.29 is 9.53 Å². The number of morpholine rings is 1. The van der Waals surface area contributed by atoms with Crippen LogP contribution in [0.2, 0.25) is 5.02 Å². The van der Waals surface area contributed by atoms with Gasteiger partial charge in [0.1, 0.15) is 0 Å². The normalized spacial score (nSPS) is 15.9. The Kier molecular flexibility index (Phi) is 5.64. The van der Waals surface area contributed by atoms with Crippen LogP contribution in [0.15, 0.2) is 18.2 Å². The minimum absolute atomic E-state index is 0.145. The number of halogens is 1. The standard InChI is InChI=1S/C14H20ClN3O2/c1-2-5-16-13-4-3-11(15)10-12(13)14(19)17-18-6-8-20-9-7-18/h3-4,10,16H,2,5-9H2,1H3,(H,17,19). The number of rotatable bonds is 5. The number of hydrogen-bond donors (Lipinski definition) is 2. The van der Waals surface area contributed by atoms with Crippen molar-refractivity contribution in [2.24, 2.45) is 0 Å². The fourth-order valence-electron chi connectivity index (χ4n) is 2.00. The number of benzene rings is 1. The zero-order valence-corrected chi connectivity index (χ0v) is 12.4. The molecule has 5 nitrogen and oxygen atoms in total. The second-order valence-electron chi connectivity index (χ2n) is 4.66. The molecule has 0 bridgehead atoms. The second-order valence-corrected chi connectivity index (χ2v) is 5.09. The number of carbonyl (C=O) groups is 1. The van der Waals surface area contributed by atoms with Gasteiger partial charge in [0.05, 0.1) is 18.8 Å². The molecular formula is C14H20ClN3O2. The number of amides is 1. The van der Waals surface area contributed by atoms with Crippen molar-refractivity contribution in [1.82, 2.24) is 10.4 Å². The van der Waals surface area contributed by atoms with Crippen LogP contribution in [0.25, 0.3) is 0 Å². The molecule has 1 saturated heterocycles. The van der Waals surface area contributed by atoms with E-state index in [0.717, 1.165) is 18.7 Å². The summed E-state index contributed by atoms with van der Waals surface area (Å²) < 4.78 is 5.26. The Labute approximate surface area is 124 Å². The number of anilines is 1. The average Bonchev–Trinajstić information content (AvgIpc) is 2.47. The molecule has 2 rings (SSSR count). The van der Waals surface area contributed by atoms with Crippen molar-refractivity contribution >= 4 is 23.2 Å². The number of carbonyl (C=O) groups excluding carboxylic acids is 1. The van der Waals surface area contributed by atoms with Gasteiger partial charge in [0.25, 0.3) is 5.91 Å². The lowest BCUT2D eigenvalue weighted by Gasteiger charge is -2.27. The van der Waals surface area contributed by atoms with Gasteiger partial charge in [-0.1, -0.05) is 18.5 Å². The average molecular weight is 298 g/mol. The van der Waals surface area contributed by atoms with E-state index in [1.54, 1.807) is 12.1 Å². The van der Waals surface area contributed by atoms with E-state index in [9.17, 15) is 4.79 Å². The molecule has 1 fully saturated rings. The van der Waals surface area contributed by atoms with Crippen LogP contribution in [-0.2, 0) is 4.74 Å². The molecular weight excluding hydrogens is 278 g/mol. The molecule has 6 heteroatoms. The lowest BCUT2D eigenvalue weighted by atomic mass is 10.1. The third-order valence-electron chi connectivity index (χ3n) is 3.06. The van der Waals surface area contributed by atoms with Crippen LogP contribution in [0.3, 0.4) is 0 Å². The summed E-state index contributed by atoms with van der Waals surface area (Å²) in [5, 5.41) is 5.67. The van der Waals surface area contributed by atoms with E-state index < -0.39 is 0 Å². The molecule has 0 aromatic heterocycles. The summed E-state index contributed by atoms with van der Waals surface area (Å²) >= 11 is 6.00. The number of hydrazine groups is 1. The van der Waals surface area contributed by atoms with Gasteiger partial charge >= 0.3 is 0 Å². The van der Waals surface area contributed by atoms with Crippen LogP contribution < -0.4 is 10.7 Å². The monoisotopic (exact) mass is 297 g/mol. The van der Waals surface area contributed by atoms with E-state index in [4.69, 9.17) is 16.3 Å². The molecule has 1 aromatic rings. The molecule has 110 valence electrons. The highest BCUT2D eigenvalue weighted by Crippen LogP contribution is 2.21. The minimum Gasteiger partial charge on any atom is -0.384 e. The van der Waals surface area contributed by atoms with Gasteiger partial charge in [-0.2, -0.15) is 0 Å². The summed E-state index contributed by atoms with van der Waals surface area (Å²) in [5.41, 5.74) is 4.27. The van der Waals surface area contributed by atoms with Gasteiger partial charge in [-0.15, -0.1) is 0 Å². The summed E-state index contributed by atoms with van der Waals surface area (Å²) in [4.78, 5) is 12.4. The zero-order valence-electron chi connectivity index (χ0n) is 11.6.